The first-order chi connectivity index (χ1) is 8.34. The molecular weight excluding hydrogens is 302 g/mol. The first-order valence-electron chi connectivity index (χ1n) is 5.32. The molecule has 18 heavy (non-hydrogen) atoms. The number of anilines is 1. The van der Waals surface area contributed by atoms with Crippen LogP contribution in [0.5, 0.6) is 6.01 Å². The maximum Gasteiger partial charge on any atom is 0.413 e. The minimum atomic E-state index is -0.566. The minimum Gasteiger partial charge on any atom is -0.467 e. The second-order valence-corrected chi connectivity index (χ2v) is 5.05. The monoisotopic (exact) mass is 317 g/mol. The van der Waals surface area contributed by atoms with E-state index < -0.39 is 11.7 Å². The standard InChI is InChI=1S/C11H16BrN3O3/c1-11(2,3)18-10(16)15-8-5-7(6-12)13-9(14-8)17-4/h5H,6H2,1-4H3,(H,13,14,15,16). The smallest absolute Gasteiger partial charge is 0.413 e. The van der Waals surface area contributed by atoms with E-state index in [-0.39, 0.29) is 6.01 Å². The van der Waals surface area contributed by atoms with Crippen LogP contribution in [0.25, 0.3) is 0 Å². The van der Waals surface area contributed by atoms with Gasteiger partial charge < -0.3 is 9.47 Å². The fourth-order valence-electron chi connectivity index (χ4n) is 1.11. The number of methoxy groups -OCH3 is 1. The van der Waals surface area contributed by atoms with E-state index in [0.717, 1.165) is 0 Å². The van der Waals surface area contributed by atoms with Crippen LogP contribution in [0.4, 0.5) is 10.6 Å². The highest BCUT2D eigenvalue weighted by molar-refractivity contribution is 9.08. The van der Waals surface area contributed by atoms with Gasteiger partial charge in [-0.1, -0.05) is 15.9 Å². The molecule has 0 saturated carbocycles. The Kier molecular flexibility index (Phi) is 4.89. The van der Waals surface area contributed by atoms with Gasteiger partial charge in [0.05, 0.1) is 12.8 Å². The van der Waals surface area contributed by atoms with Gasteiger partial charge in [0.1, 0.15) is 11.4 Å². The third-order valence-corrected chi connectivity index (χ3v) is 2.28. The molecule has 0 bridgehead atoms. The van der Waals surface area contributed by atoms with Crippen molar-refractivity contribution in [2.75, 3.05) is 12.4 Å². The third-order valence-electron chi connectivity index (χ3n) is 1.71. The zero-order valence-corrected chi connectivity index (χ0v) is 12.4. The molecule has 6 nitrogen and oxygen atoms in total. The predicted octanol–water partition coefficient (Wildman–Crippen LogP) is 2.73. The topological polar surface area (TPSA) is 73.3 Å². The van der Waals surface area contributed by atoms with Crippen LogP contribution in [0.3, 0.4) is 0 Å². The number of halogens is 1. The summed E-state index contributed by atoms with van der Waals surface area (Å²) in [4.78, 5) is 19.7. The van der Waals surface area contributed by atoms with Gasteiger partial charge in [-0.2, -0.15) is 9.97 Å². The van der Waals surface area contributed by atoms with E-state index in [4.69, 9.17) is 9.47 Å². The van der Waals surface area contributed by atoms with Crippen molar-refractivity contribution in [3.05, 3.63) is 11.8 Å². The summed E-state index contributed by atoms with van der Waals surface area (Å²) in [6.45, 7) is 5.37. The van der Waals surface area contributed by atoms with Gasteiger partial charge in [-0.3, -0.25) is 5.32 Å². The summed E-state index contributed by atoms with van der Waals surface area (Å²) in [5.74, 6) is 0.338. The Morgan fingerprint density at radius 3 is 2.61 bits per heavy atom. The molecular formula is C11H16BrN3O3. The predicted molar refractivity (Wildman–Crippen MR) is 71.1 cm³/mol. The summed E-state index contributed by atoms with van der Waals surface area (Å²) in [7, 11) is 1.46. The van der Waals surface area contributed by atoms with Crippen LogP contribution in [-0.4, -0.2) is 28.8 Å². The molecule has 0 spiro atoms. The average Bonchev–Trinajstić information content (AvgIpc) is 2.25. The highest BCUT2D eigenvalue weighted by atomic mass is 79.9. The number of nitrogens with one attached hydrogen (secondary N) is 1. The van der Waals surface area contributed by atoms with Gasteiger partial charge in [0.15, 0.2) is 0 Å². The van der Waals surface area contributed by atoms with E-state index in [1.807, 2.05) is 0 Å². The van der Waals surface area contributed by atoms with E-state index >= 15 is 0 Å². The van der Waals surface area contributed by atoms with Crippen molar-refractivity contribution >= 4 is 27.8 Å². The number of alkyl halides is 1. The Morgan fingerprint density at radius 2 is 2.11 bits per heavy atom. The number of amides is 1. The fourth-order valence-corrected chi connectivity index (χ4v) is 1.39. The number of hydrogen-bond donors (Lipinski definition) is 1. The zero-order chi connectivity index (χ0) is 13.8. The van der Waals surface area contributed by atoms with E-state index in [2.05, 4.69) is 31.2 Å². The van der Waals surface area contributed by atoms with Gasteiger partial charge >= 0.3 is 12.1 Å². The minimum absolute atomic E-state index is 0.193. The first-order valence-corrected chi connectivity index (χ1v) is 6.44. The van der Waals surface area contributed by atoms with Gasteiger partial charge in [-0.15, -0.1) is 0 Å². The van der Waals surface area contributed by atoms with Crippen LogP contribution in [0.1, 0.15) is 26.5 Å². The van der Waals surface area contributed by atoms with Gasteiger partial charge in [-0.05, 0) is 20.8 Å². The largest absolute Gasteiger partial charge is 0.467 e. The van der Waals surface area contributed by atoms with Crippen LogP contribution in [0.15, 0.2) is 6.07 Å². The molecule has 7 heteroatoms. The number of hydrogen-bond acceptors (Lipinski definition) is 5. The van der Waals surface area contributed by atoms with Crippen molar-refractivity contribution < 1.29 is 14.3 Å². The highest BCUT2D eigenvalue weighted by Crippen LogP contribution is 2.15. The Balaban J connectivity index is 2.80. The van der Waals surface area contributed by atoms with Gasteiger partial charge in [-0.25, -0.2) is 4.79 Å². The number of nitrogens with zero attached hydrogens (tertiary/aromatic N) is 2. The van der Waals surface area contributed by atoms with Crippen LogP contribution < -0.4 is 10.1 Å². The first kappa shape index (κ1) is 14.7. The summed E-state index contributed by atoms with van der Waals surface area (Å²) < 4.78 is 10.1. The molecule has 0 aliphatic carbocycles. The van der Waals surface area contributed by atoms with Gasteiger partial charge in [0.2, 0.25) is 0 Å². The maximum absolute atomic E-state index is 11.6. The molecule has 0 radical (unpaired) electrons. The van der Waals surface area contributed by atoms with Crippen molar-refractivity contribution in [1.29, 1.82) is 0 Å². The Hall–Kier alpha value is -1.37. The average molecular weight is 318 g/mol. The Labute approximate surface area is 114 Å². The second kappa shape index (κ2) is 5.99. The molecule has 1 amide bonds. The molecule has 0 unspecified atom stereocenters. The summed E-state index contributed by atoms with van der Waals surface area (Å²) in [6.07, 6.45) is -0.566. The lowest BCUT2D eigenvalue weighted by Crippen LogP contribution is -2.27. The van der Waals surface area contributed by atoms with Crippen LogP contribution in [0, 0.1) is 0 Å². The molecule has 0 aromatic carbocycles. The van der Waals surface area contributed by atoms with Crippen molar-refractivity contribution in [3.63, 3.8) is 0 Å². The third kappa shape index (κ3) is 4.87. The van der Waals surface area contributed by atoms with Crippen LogP contribution >= 0.6 is 15.9 Å². The van der Waals surface area contributed by atoms with Crippen LogP contribution in [0.2, 0.25) is 0 Å². The molecule has 100 valence electrons. The van der Waals surface area contributed by atoms with Gasteiger partial charge in [0, 0.05) is 11.4 Å². The molecule has 1 aromatic heterocycles. The molecule has 0 saturated heterocycles. The van der Waals surface area contributed by atoms with E-state index in [9.17, 15) is 4.79 Å². The fraction of sp³-hybridized carbons (Fsp3) is 0.545. The Morgan fingerprint density at radius 1 is 1.44 bits per heavy atom. The van der Waals surface area contributed by atoms with Crippen LogP contribution in [-0.2, 0) is 10.1 Å². The summed E-state index contributed by atoms with van der Waals surface area (Å²) >= 11 is 3.28. The zero-order valence-electron chi connectivity index (χ0n) is 10.8. The Bertz CT molecular complexity index is 410. The molecule has 1 heterocycles. The molecule has 1 rings (SSSR count). The number of carbonyl (C=O) groups excluding carboxylic acids is 1. The van der Waals surface area contributed by atoms with Crippen molar-refractivity contribution in [1.82, 2.24) is 9.97 Å². The quantitative estimate of drug-likeness (QED) is 0.868. The summed E-state index contributed by atoms with van der Waals surface area (Å²) in [5, 5.41) is 3.07. The normalized spacial score (nSPS) is 10.9. The summed E-state index contributed by atoms with van der Waals surface area (Å²) in [5.41, 5.74) is 0.146. The summed E-state index contributed by atoms with van der Waals surface area (Å²) in [6, 6.07) is 1.83. The van der Waals surface area contributed by atoms with Crippen molar-refractivity contribution in [2.24, 2.45) is 0 Å². The molecule has 1 aromatic rings. The van der Waals surface area contributed by atoms with Gasteiger partial charge in [0.25, 0.3) is 0 Å². The molecule has 1 N–H and O–H groups in total. The number of ether oxygens (including phenoxy) is 2. The molecule has 0 fully saturated rings. The lowest BCUT2D eigenvalue weighted by molar-refractivity contribution is 0.0635. The maximum atomic E-state index is 11.6. The lowest BCUT2D eigenvalue weighted by Gasteiger charge is -2.19. The SMILES string of the molecule is COc1nc(CBr)cc(NC(=O)OC(C)(C)C)n1. The van der Waals surface area contributed by atoms with Crippen molar-refractivity contribution in [3.8, 4) is 6.01 Å². The van der Waals surface area contributed by atoms with Crippen molar-refractivity contribution in [2.45, 2.75) is 31.7 Å². The molecule has 0 atom stereocenters. The highest BCUT2D eigenvalue weighted by Gasteiger charge is 2.17. The van der Waals surface area contributed by atoms with E-state index in [1.165, 1.54) is 7.11 Å². The molecule has 0 aliphatic rings. The number of aromatic nitrogens is 2. The number of rotatable bonds is 3. The van der Waals surface area contributed by atoms with E-state index in [1.54, 1.807) is 26.8 Å². The lowest BCUT2D eigenvalue weighted by atomic mass is 10.2. The molecule has 0 aliphatic heterocycles. The second-order valence-electron chi connectivity index (χ2n) is 4.49. The van der Waals surface area contributed by atoms with E-state index in [0.29, 0.717) is 16.8 Å². The number of carbonyl (C=O) groups is 1.